The van der Waals surface area contributed by atoms with Crippen molar-refractivity contribution in [1.82, 2.24) is 9.55 Å². The molecule has 3 rings (SSSR count). The van der Waals surface area contributed by atoms with E-state index in [0.717, 1.165) is 36.3 Å². The van der Waals surface area contributed by atoms with E-state index >= 15 is 0 Å². The van der Waals surface area contributed by atoms with E-state index in [1.54, 1.807) is 0 Å². The second-order valence-corrected chi connectivity index (χ2v) is 7.07. The fourth-order valence-corrected chi connectivity index (χ4v) is 3.37. The Morgan fingerprint density at radius 2 is 2.12 bits per heavy atom. The molecule has 1 aromatic heterocycles. The maximum absolute atomic E-state index is 10.4. The van der Waals surface area contributed by atoms with Gasteiger partial charge in [-0.25, -0.2) is 4.98 Å². The average Bonchev–Trinajstić information content (AvgIpc) is 2.95. The molecule has 1 aliphatic rings. The number of hydrogen-bond donors (Lipinski definition) is 1. The molecule has 4 nitrogen and oxygen atoms in total. The van der Waals surface area contributed by atoms with Gasteiger partial charge in [0.1, 0.15) is 5.82 Å². The largest absolute Gasteiger partial charge is 0.389 e. The van der Waals surface area contributed by atoms with Crippen molar-refractivity contribution in [3.05, 3.63) is 42.2 Å². The predicted molar refractivity (Wildman–Crippen MR) is 97.1 cm³/mol. The van der Waals surface area contributed by atoms with Gasteiger partial charge in [0.15, 0.2) is 0 Å². The van der Waals surface area contributed by atoms with E-state index in [2.05, 4.69) is 36.6 Å². The summed E-state index contributed by atoms with van der Waals surface area (Å²) in [6.45, 7) is 5.92. The lowest BCUT2D eigenvalue weighted by Crippen LogP contribution is -2.25. The molecule has 0 fully saturated rings. The Morgan fingerprint density at radius 1 is 1.29 bits per heavy atom. The minimum atomic E-state index is -0.515. The molecule has 2 atom stereocenters. The van der Waals surface area contributed by atoms with Gasteiger partial charge >= 0.3 is 0 Å². The molecule has 0 bridgehead atoms. The van der Waals surface area contributed by atoms with Crippen molar-refractivity contribution in [1.29, 1.82) is 0 Å². The summed E-state index contributed by atoms with van der Waals surface area (Å²) >= 11 is 0. The van der Waals surface area contributed by atoms with E-state index in [1.807, 2.05) is 18.2 Å². The number of aliphatic hydroxyl groups is 1. The van der Waals surface area contributed by atoms with Gasteiger partial charge in [-0.15, -0.1) is 0 Å². The van der Waals surface area contributed by atoms with Crippen LogP contribution in [0.3, 0.4) is 0 Å². The van der Waals surface area contributed by atoms with E-state index in [-0.39, 0.29) is 0 Å². The van der Waals surface area contributed by atoms with Crippen LogP contribution in [0.1, 0.15) is 44.9 Å². The lowest BCUT2D eigenvalue weighted by Gasteiger charge is -2.20. The van der Waals surface area contributed by atoms with Crippen LogP contribution in [0.15, 0.2) is 36.4 Å². The minimum absolute atomic E-state index is 0.319. The second kappa shape index (κ2) is 7.95. The number of para-hydroxylation sites is 2. The first-order chi connectivity index (χ1) is 11.6. The van der Waals surface area contributed by atoms with E-state index in [9.17, 15) is 5.11 Å². The zero-order valence-corrected chi connectivity index (χ0v) is 14.7. The normalized spacial score (nSPS) is 19.2. The summed E-state index contributed by atoms with van der Waals surface area (Å²) in [5, 5.41) is 10.4. The van der Waals surface area contributed by atoms with Crippen molar-refractivity contribution in [2.75, 3.05) is 13.2 Å². The van der Waals surface area contributed by atoms with Gasteiger partial charge < -0.3 is 14.4 Å². The molecule has 4 heteroatoms. The lowest BCUT2D eigenvalue weighted by molar-refractivity contribution is 0.0127. The van der Waals surface area contributed by atoms with Crippen molar-refractivity contribution in [3.8, 4) is 0 Å². The third-order valence-corrected chi connectivity index (χ3v) is 4.64. The molecule has 24 heavy (non-hydrogen) atoms. The van der Waals surface area contributed by atoms with Gasteiger partial charge in [-0.1, -0.05) is 38.1 Å². The van der Waals surface area contributed by atoms with Gasteiger partial charge in [0.25, 0.3) is 0 Å². The van der Waals surface area contributed by atoms with Crippen LogP contribution in [0.5, 0.6) is 0 Å². The van der Waals surface area contributed by atoms with Gasteiger partial charge in [-0.3, -0.25) is 0 Å². The number of benzene rings is 1. The third kappa shape index (κ3) is 4.05. The Hall–Kier alpha value is -1.65. The molecule has 0 saturated carbocycles. The van der Waals surface area contributed by atoms with Crippen molar-refractivity contribution < 1.29 is 9.84 Å². The standard InChI is InChI=1S/C20H28N2O2/c1-15(2)20-21-18-10-6-7-11-19(18)22(20)12-17(23)14-24-13-16-8-4-3-5-9-16/h3-4,6-7,10-11,15-17,23H,5,8-9,12-14H2,1-2H3. The molecule has 0 amide bonds. The molecular weight excluding hydrogens is 300 g/mol. The SMILES string of the molecule is CC(C)c1nc2ccccc2n1CC(O)COCC1CC=CCC1. The first kappa shape index (κ1) is 17.2. The summed E-state index contributed by atoms with van der Waals surface area (Å²) in [5.41, 5.74) is 2.07. The summed E-state index contributed by atoms with van der Waals surface area (Å²) in [6.07, 6.45) is 7.40. The van der Waals surface area contributed by atoms with Crippen LogP contribution in [0, 0.1) is 5.92 Å². The highest BCUT2D eigenvalue weighted by molar-refractivity contribution is 5.76. The first-order valence-corrected chi connectivity index (χ1v) is 9.01. The molecule has 130 valence electrons. The highest BCUT2D eigenvalue weighted by Crippen LogP contribution is 2.22. The number of imidazole rings is 1. The smallest absolute Gasteiger partial charge is 0.112 e. The van der Waals surface area contributed by atoms with Crippen molar-refractivity contribution in [2.45, 2.75) is 51.7 Å². The van der Waals surface area contributed by atoms with Crippen molar-refractivity contribution in [2.24, 2.45) is 5.92 Å². The van der Waals surface area contributed by atoms with Gasteiger partial charge in [0.05, 0.1) is 30.3 Å². The number of fused-ring (bicyclic) bond motifs is 1. The van der Waals surface area contributed by atoms with Gasteiger partial charge in [-0.2, -0.15) is 0 Å². The minimum Gasteiger partial charge on any atom is -0.389 e. The van der Waals surface area contributed by atoms with Crippen LogP contribution in [-0.4, -0.2) is 34.0 Å². The number of aliphatic hydroxyl groups excluding tert-OH is 1. The summed E-state index contributed by atoms with van der Waals surface area (Å²) < 4.78 is 7.91. The number of hydrogen-bond acceptors (Lipinski definition) is 3. The number of allylic oxidation sites excluding steroid dienone is 2. The third-order valence-electron chi connectivity index (χ3n) is 4.64. The van der Waals surface area contributed by atoms with Crippen LogP contribution in [0.2, 0.25) is 0 Å². The molecule has 0 aliphatic heterocycles. The topological polar surface area (TPSA) is 47.3 Å². The second-order valence-electron chi connectivity index (χ2n) is 7.07. The van der Waals surface area contributed by atoms with Crippen LogP contribution >= 0.6 is 0 Å². The predicted octanol–water partition coefficient (Wildman–Crippen LogP) is 3.89. The first-order valence-electron chi connectivity index (χ1n) is 9.01. The zero-order valence-electron chi connectivity index (χ0n) is 14.7. The summed E-state index contributed by atoms with van der Waals surface area (Å²) in [7, 11) is 0. The molecule has 0 spiro atoms. The number of nitrogens with zero attached hydrogens (tertiary/aromatic N) is 2. The Labute approximate surface area is 144 Å². The molecule has 0 saturated heterocycles. The van der Waals surface area contributed by atoms with Gasteiger partial charge in [0.2, 0.25) is 0 Å². The van der Waals surface area contributed by atoms with Crippen LogP contribution in [-0.2, 0) is 11.3 Å². The maximum Gasteiger partial charge on any atom is 0.112 e. The highest BCUT2D eigenvalue weighted by atomic mass is 16.5. The zero-order chi connectivity index (χ0) is 16.9. The lowest BCUT2D eigenvalue weighted by atomic mass is 9.95. The fourth-order valence-electron chi connectivity index (χ4n) is 3.37. The van der Waals surface area contributed by atoms with Crippen LogP contribution < -0.4 is 0 Å². The van der Waals surface area contributed by atoms with Crippen molar-refractivity contribution >= 4 is 11.0 Å². The Balaban J connectivity index is 1.61. The number of rotatable bonds is 7. The van der Waals surface area contributed by atoms with E-state index in [1.165, 1.54) is 6.42 Å². The molecular formula is C20H28N2O2. The van der Waals surface area contributed by atoms with Gasteiger partial charge in [0, 0.05) is 12.5 Å². The number of aromatic nitrogens is 2. The van der Waals surface area contributed by atoms with E-state index < -0.39 is 6.10 Å². The quantitative estimate of drug-likeness (QED) is 0.784. The summed E-state index contributed by atoms with van der Waals surface area (Å²) in [5.74, 6) is 1.94. The van der Waals surface area contributed by atoms with Crippen molar-refractivity contribution in [3.63, 3.8) is 0 Å². The Morgan fingerprint density at radius 3 is 2.88 bits per heavy atom. The maximum atomic E-state index is 10.4. The van der Waals surface area contributed by atoms with Crippen LogP contribution in [0.25, 0.3) is 11.0 Å². The fraction of sp³-hybridized carbons (Fsp3) is 0.550. The summed E-state index contributed by atoms with van der Waals surface area (Å²) in [4.78, 5) is 4.72. The summed E-state index contributed by atoms with van der Waals surface area (Å²) in [6, 6.07) is 8.11. The van der Waals surface area contributed by atoms with E-state index in [4.69, 9.17) is 9.72 Å². The molecule has 2 unspecified atom stereocenters. The average molecular weight is 328 g/mol. The molecule has 1 aliphatic carbocycles. The molecule has 2 aromatic rings. The highest BCUT2D eigenvalue weighted by Gasteiger charge is 2.17. The monoisotopic (exact) mass is 328 g/mol. The Kier molecular flexibility index (Phi) is 5.69. The Bertz CT molecular complexity index is 690. The number of ether oxygens (including phenoxy) is 1. The molecule has 1 heterocycles. The van der Waals surface area contributed by atoms with Gasteiger partial charge in [-0.05, 0) is 37.3 Å². The molecule has 1 N–H and O–H groups in total. The molecule has 1 aromatic carbocycles. The molecule has 0 radical (unpaired) electrons. The van der Waals surface area contributed by atoms with Crippen LogP contribution in [0.4, 0.5) is 0 Å². The van der Waals surface area contributed by atoms with E-state index in [0.29, 0.717) is 25.0 Å².